The molecule has 2 atom stereocenters. The van der Waals surface area contributed by atoms with Crippen molar-refractivity contribution in [2.45, 2.75) is 26.1 Å². The zero-order valence-electron chi connectivity index (χ0n) is 29.8. The predicted molar refractivity (Wildman–Crippen MR) is 204 cm³/mol. The maximum absolute atomic E-state index is 13.8. The number of aryl methyl sites for hydroxylation is 2. The van der Waals surface area contributed by atoms with Crippen molar-refractivity contribution in [1.82, 2.24) is 0 Å². The normalized spacial score (nSPS) is 13.1. The third-order valence-electron chi connectivity index (χ3n) is 9.27. The van der Waals surface area contributed by atoms with Gasteiger partial charge < -0.3 is 9.47 Å². The van der Waals surface area contributed by atoms with Gasteiger partial charge in [0.15, 0.2) is 12.2 Å². The van der Waals surface area contributed by atoms with Crippen LogP contribution in [0.5, 0.6) is 0 Å². The van der Waals surface area contributed by atoms with Crippen molar-refractivity contribution < 1.29 is 38.2 Å². The van der Waals surface area contributed by atoms with Gasteiger partial charge in [0, 0.05) is 22.3 Å². The van der Waals surface area contributed by atoms with Gasteiger partial charge in [0.05, 0.1) is 27.9 Å². The minimum atomic E-state index is -1.27. The van der Waals surface area contributed by atoms with Gasteiger partial charge >= 0.3 is 11.9 Å². The lowest BCUT2D eigenvalue weighted by Gasteiger charge is -2.19. The molecule has 6 aromatic carbocycles. The average Bonchev–Trinajstić information content (AvgIpc) is 3.47. The Balaban J connectivity index is 1.12. The van der Waals surface area contributed by atoms with Crippen LogP contribution in [-0.4, -0.2) is 35.3 Å². The Morgan fingerprint density at radius 1 is 0.455 bits per heavy atom. The number of anilines is 1. The van der Waals surface area contributed by atoms with Gasteiger partial charge in [-0.1, -0.05) is 126 Å². The minimum Gasteiger partial charge on any atom is -0.445 e. The van der Waals surface area contributed by atoms with Gasteiger partial charge in [-0.25, -0.2) is 14.5 Å². The number of hydrogen-bond acceptors (Lipinski definition) is 8. The largest absolute Gasteiger partial charge is 0.445 e. The lowest BCUT2D eigenvalue weighted by atomic mass is 9.99. The number of imide groups is 1. The van der Waals surface area contributed by atoms with Gasteiger partial charge in [0.2, 0.25) is 11.6 Å². The number of hydrogen-bond donors (Lipinski definition) is 0. The van der Waals surface area contributed by atoms with E-state index in [2.05, 4.69) is 0 Å². The fraction of sp³-hybridized carbons (Fsp3) is 0.0870. The van der Waals surface area contributed by atoms with Gasteiger partial charge in [-0.05, 0) is 50.2 Å². The van der Waals surface area contributed by atoms with Gasteiger partial charge in [-0.2, -0.15) is 0 Å². The van der Waals surface area contributed by atoms with Crippen LogP contribution < -0.4 is 4.90 Å². The Hall–Kier alpha value is -7.26. The summed E-state index contributed by atoms with van der Waals surface area (Å²) in [6, 6.07) is 40.8. The molecule has 0 saturated carbocycles. The molecular formula is C46H33NO8. The lowest BCUT2D eigenvalue weighted by molar-refractivity contribution is 0.0278. The van der Waals surface area contributed by atoms with E-state index >= 15 is 0 Å². The number of Topliss-reactive ketones (excluding diaryl/α,β-unsaturated/α-hetero) is 2. The van der Waals surface area contributed by atoms with E-state index in [1.165, 1.54) is 42.5 Å². The molecule has 1 aliphatic heterocycles. The van der Waals surface area contributed by atoms with E-state index < -0.39 is 47.5 Å². The Kier molecular flexibility index (Phi) is 10.1. The average molecular weight is 728 g/mol. The Morgan fingerprint density at radius 3 is 1.38 bits per heavy atom. The molecule has 0 bridgehead atoms. The molecule has 0 unspecified atom stereocenters. The molecule has 0 aliphatic carbocycles. The summed E-state index contributed by atoms with van der Waals surface area (Å²) < 4.78 is 11.6. The summed E-state index contributed by atoms with van der Waals surface area (Å²) in [5, 5.41) is 0. The van der Waals surface area contributed by atoms with E-state index in [9.17, 15) is 28.8 Å². The quantitative estimate of drug-likeness (QED) is 0.0738. The molecule has 1 heterocycles. The zero-order chi connectivity index (χ0) is 38.6. The second kappa shape index (κ2) is 15.4. The summed E-state index contributed by atoms with van der Waals surface area (Å²) in [7, 11) is 0. The fourth-order valence-corrected chi connectivity index (χ4v) is 6.26. The highest BCUT2D eigenvalue weighted by Crippen LogP contribution is 2.32. The van der Waals surface area contributed by atoms with Crippen LogP contribution in [0.15, 0.2) is 152 Å². The summed E-state index contributed by atoms with van der Waals surface area (Å²) in [4.78, 5) is 82.7. The SMILES string of the molecule is Cc1ccc(C(=O)[C@@H](OC(=O)c2ccc3c(c2)C(=O)N(c2cccc(C(=O)O[C@@H](C(=O)c4ccc(C)cc4)c4ccccc4)c2)C3=O)c2ccccc2)cc1. The molecule has 270 valence electrons. The van der Waals surface area contributed by atoms with Crippen molar-refractivity contribution in [3.63, 3.8) is 0 Å². The number of ether oxygens (including phenoxy) is 2. The number of carbonyl (C=O) groups excluding carboxylic acids is 6. The highest BCUT2D eigenvalue weighted by Gasteiger charge is 2.38. The molecule has 6 aromatic rings. The van der Waals surface area contributed by atoms with Gasteiger partial charge in [-0.3, -0.25) is 19.2 Å². The van der Waals surface area contributed by atoms with Crippen LogP contribution in [0.2, 0.25) is 0 Å². The summed E-state index contributed by atoms with van der Waals surface area (Å²) in [6.45, 7) is 3.80. The second-order valence-corrected chi connectivity index (χ2v) is 13.1. The number of esters is 2. The van der Waals surface area contributed by atoms with Gasteiger partial charge in [0.25, 0.3) is 11.8 Å². The Morgan fingerprint density at radius 2 is 0.891 bits per heavy atom. The number of carbonyl (C=O) groups is 6. The van der Waals surface area contributed by atoms with E-state index in [4.69, 9.17) is 9.47 Å². The molecule has 9 heteroatoms. The summed E-state index contributed by atoms with van der Waals surface area (Å²) in [5.74, 6) is -3.95. The van der Waals surface area contributed by atoms with Crippen molar-refractivity contribution in [3.8, 4) is 0 Å². The third-order valence-corrected chi connectivity index (χ3v) is 9.27. The minimum absolute atomic E-state index is 0.00107. The number of ketones is 2. The summed E-state index contributed by atoms with van der Waals surface area (Å²) >= 11 is 0. The van der Waals surface area contributed by atoms with Crippen LogP contribution in [0.3, 0.4) is 0 Å². The van der Waals surface area contributed by atoms with E-state index in [0.29, 0.717) is 22.3 Å². The van der Waals surface area contributed by atoms with Crippen molar-refractivity contribution in [2.75, 3.05) is 4.90 Å². The molecule has 0 N–H and O–H groups in total. The molecule has 0 aromatic heterocycles. The zero-order valence-corrected chi connectivity index (χ0v) is 29.8. The number of rotatable bonds is 11. The second-order valence-electron chi connectivity index (χ2n) is 13.1. The molecule has 0 radical (unpaired) electrons. The van der Waals surface area contributed by atoms with Crippen molar-refractivity contribution in [3.05, 3.63) is 207 Å². The van der Waals surface area contributed by atoms with Crippen LogP contribution >= 0.6 is 0 Å². The number of benzene rings is 6. The molecular weight excluding hydrogens is 695 g/mol. The monoisotopic (exact) mass is 727 g/mol. The molecule has 55 heavy (non-hydrogen) atoms. The maximum Gasteiger partial charge on any atom is 0.339 e. The summed E-state index contributed by atoms with van der Waals surface area (Å²) in [5.41, 5.74) is 3.62. The van der Waals surface area contributed by atoms with Gasteiger partial charge in [-0.15, -0.1) is 0 Å². The number of nitrogens with zero attached hydrogens (tertiary/aromatic N) is 1. The first kappa shape index (κ1) is 36.1. The van der Waals surface area contributed by atoms with E-state index in [0.717, 1.165) is 16.0 Å². The molecule has 7 rings (SSSR count). The topological polar surface area (TPSA) is 124 Å². The Bertz CT molecular complexity index is 2460. The van der Waals surface area contributed by atoms with Crippen LogP contribution in [-0.2, 0) is 9.47 Å². The first-order valence-electron chi connectivity index (χ1n) is 17.5. The van der Waals surface area contributed by atoms with Crippen molar-refractivity contribution >= 4 is 41.0 Å². The standard InChI is InChI=1S/C46H33NO8/c1-28-16-20-30(21-17-28)39(48)41(32-10-5-3-6-11-32)54-45(52)34-14-9-15-36(26-34)47-43(50)37-25-24-35(27-38(37)44(47)51)46(53)55-42(33-12-7-4-8-13-33)40(49)31-22-18-29(2)19-23-31/h3-27,41-42H,1-2H3/t41-,42+/m1/s1. The number of fused-ring (bicyclic) bond motifs is 1. The van der Waals surface area contributed by atoms with Crippen LogP contribution in [0.4, 0.5) is 5.69 Å². The molecule has 9 nitrogen and oxygen atoms in total. The molecule has 0 fully saturated rings. The predicted octanol–water partition coefficient (Wildman–Crippen LogP) is 8.67. The number of amides is 2. The van der Waals surface area contributed by atoms with E-state index in [1.807, 2.05) is 13.8 Å². The van der Waals surface area contributed by atoms with Gasteiger partial charge in [0.1, 0.15) is 0 Å². The van der Waals surface area contributed by atoms with Crippen LogP contribution in [0, 0.1) is 13.8 Å². The van der Waals surface area contributed by atoms with Crippen LogP contribution in [0.1, 0.15) is 96.6 Å². The summed E-state index contributed by atoms with van der Waals surface area (Å²) in [6.07, 6.45) is -2.53. The lowest BCUT2D eigenvalue weighted by Crippen LogP contribution is -2.29. The maximum atomic E-state index is 13.8. The molecule has 0 spiro atoms. The highest BCUT2D eigenvalue weighted by atomic mass is 16.6. The smallest absolute Gasteiger partial charge is 0.339 e. The van der Waals surface area contributed by atoms with Crippen molar-refractivity contribution in [1.29, 1.82) is 0 Å². The van der Waals surface area contributed by atoms with E-state index in [1.54, 1.807) is 109 Å². The first-order chi connectivity index (χ1) is 26.6. The molecule has 2 amide bonds. The molecule has 0 saturated heterocycles. The van der Waals surface area contributed by atoms with Crippen LogP contribution in [0.25, 0.3) is 0 Å². The van der Waals surface area contributed by atoms with E-state index in [-0.39, 0.29) is 27.9 Å². The Labute approximate surface area is 316 Å². The first-order valence-corrected chi connectivity index (χ1v) is 17.5. The fourth-order valence-electron chi connectivity index (χ4n) is 6.26. The highest BCUT2D eigenvalue weighted by molar-refractivity contribution is 6.34. The van der Waals surface area contributed by atoms with Crippen molar-refractivity contribution in [2.24, 2.45) is 0 Å². The molecule has 1 aliphatic rings. The third kappa shape index (κ3) is 7.49.